The van der Waals surface area contributed by atoms with Crippen LogP contribution in [0, 0.1) is 0 Å². The molecule has 1 N–H and O–H groups in total. The largest absolute Gasteiger partial charge is 0.481 e. The van der Waals surface area contributed by atoms with Crippen LogP contribution >= 0.6 is 0 Å². The highest BCUT2D eigenvalue weighted by molar-refractivity contribution is 5.67. The molecule has 1 heterocycles. The molecule has 2 unspecified atom stereocenters. The second-order valence-corrected chi connectivity index (χ2v) is 5.81. The van der Waals surface area contributed by atoms with Crippen LogP contribution in [0.5, 0.6) is 0 Å². The Balaban J connectivity index is 2.15. The van der Waals surface area contributed by atoms with E-state index >= 15 is 0 Å². The molecule has 1 fully saturated rings. The molecule has 3 nitrogen and oxygen atoms in total. The SMILES string of the molecule is CC(c1ccccc1)C(CC(=O)O)N1CCCCCC1. The zero-order valence-electron chi connectivity index (χ0n) is 12.3. The number of aliphatic carboxylic acids is 1. The second-order valence-electron chi connectivity index (χ2n) is 5.81. The van der Waals surface area contributed by atoms with Crippen LogP contribution in [0.15, 0.2) is 30.3 Å². The van der Waals surface area contributed by atoms with Gasteiger partial charge in [-0.1, -0.05) is 50.1 Å². The lowest BCUT2D eigenvalue weighted by atomic mass is 9.90. The Morgan fingerprint density at radius 1 is 1.15 bits per heavy atom. The van der Waals surface area contributed by atoms with Gasteiger partial charge in [0.25, 0.3) is 0 Å². The molecule has 3 heteroatoms. The Kier molecular flexibility index (Phi) is 5.60. The Hall–Kier alpha value is -1.35. The van der Waals surface area contributed by atoms with E-state index in [1.54, 1.807) is 0 Å². The third-order valence-corrected chi connectivity index (χ3v) is 4.40. The minimum Gasteiger partial charge on any atom is -0.481 e. The summed E-state index contributed by atoms with van der Waals surface area (Å²) in [6.07, 6.45) is 5.16. The molecule has 1 aromatic rings. The quantitative estimate of drug-likeness (QED) is 0.894. The van der Waals surface area contributed by atoms with Crippen molar-refractivity contribution in [1.29, 1.82) is 0 Å². The van der Waals surface area contributed by atoms with E-state index in [4.69, 9.17) is 0 Å². The molecular formula is C17H25NO2. The fourth-order valence-corrected chi connectivity index (χ4v) is 3.21. The molecule has 110 valence electrons. The smallest absolute Gasteiger partial charge is 0.304 e. The molecule has 0 bridgehead atoms. The summed E-state index contributed by atoms with van der Waals surface area (Å²) in [7, 11) is 0. The monoisotopic (exact) mass is 275 g/mol. The number of benzene rings is 1. The molecule has 1 saturated heterocycles. The highest BCUT2D eigenvalue weighted by Gasteiger charge is 2.28. The lowest BCUT2D eigenvalue weighted by Gasteiger charge is -2.34. The predicted molar refractivity (Wildman–Crippen MR) is 80.9 cm³/mol. The van der Waals surface area contributed by atoms with Crippen molar-refractivity contribution in [1.82, 2.24) is 4.90 Å². The summed E-state index contributed by atoms with van der Waals surface area (Å²) < 4.78 is 0. The van der Waals surface area contributed by atoms with E-state index in [0.717, 1.165) is 13.1 Å². The molecule has 0 amide bonds. The van der Waals surface area contributed by atoms with Gasteiger partial charge in [-0.25, -0.2) is 0 Å². The van der Waals surface area contributed by atoms with Crippen molar-refractivity contribution in [3.8, 4) is 0 Å². The summed E-state index contributed by atoms with van der Waals surface area (Å²) in [4.78, 5) is 13.6. The van der Waals surface area contributed by atoms with Gasteiger partial charge in [0.2, 0.25) is 0 Å². The Morgan fingerprint density at radius 2 is 1.75 bits per heavy atom. The van der Waals surface area contributed by atoms with Crippen molar-refractivity contribution in [2.75, 3.05) is 13.1 Å². The molecule has 1 aliphatic heterocycles. The molecule has 0 aliphatic carbocycles. The van der Waals surface area contributed by atoms with E-state index < -0.39 is 5.97 Å². The van der Waals surface area contributed by atoms with E-state index in [1.807, 2.05) is 18.2 Å². The van der Waals surface area contributed by atoms with Crippen LogP contribution in [-0.2, 0) is 4.79 Å². The van der Waals surface area contributed by atoms with Gasteiger partial charge in [0.15, 0.2) is 0 Å². The normalized spacial score (nSPS) is 20.1. The first kappa shape index (κ1) is 15.0. The van der Waals surface area contributed by atoms with Crippen LogP contribution in [0.2, 0.25) is 0 Å². The van der Waals surface area contributed by atoms with Crippen molar-refractivity contribution in [3.63, 3.8) is 0 Å². The van der Waals surface area contributed by atoms with Gasteiger partial charge in [0.1, 0.15) is 0 Å². The molecule has 20 heavy (non-hydrogen) atoms. The molecule has 1 aliphatic rings. The number of rotatable bonds is 5. The van der Waals surface area contributed by atoms with Crippen molar-refractivity contribution in [2.45, 2.75) is 51.0 Å². The van der Waals surface area contributed by atoms with Crippen LogP contribution in [0.4, 0.5) is 0 Å². The van der Waals surface area contributed by atoms with E-state index in [2.05, 4.69) is 24.0 Å². The fourth-order valence-electron chi connectivity index (χ4n) is 3.21. The number of hydrogen-bond donors (Lipinski definition) is 1. The zero-order chi connectivity index (χ0) is 14.4. The maximum absolute atomic E-state index is 11.2. The van der Waals surface area contributed by atoms with Gasteiger partial charge in [0.05, 0.1) is 6.42 Å². The van der Waals surface area contributed by atoms with E-state index in [0.29, 0.717) is 0 Å². The maximum Gasteiger partial charge on any atom is 0.304 e. The van der Waals surface area contributed by atoms with Crippen LogP contribution in [0.3, 0.4) is 0 Å². The van der Waals surface area contributed by atoms with E-state index in [9.17, 15) is 9.90 Å². The summed E-state index contributed by atoms with van der Waals surface area (Å²) in [5.41, 5.74) is 1.24. The number of carbonyl (C=O) groups is 1. The standard InChI is InChI=1S/C17H25NO2/c1-14(15-9-5-4-6-10-15)16(13-17(19)20)18-11-7-2-3-8-12-18/h4-6,9-10,14,16H,2-3,7-8,11-13H2,1H3,(H,19,20). The van der Waals surface area contributed by atoms with Crippen LogP contribution in [-0.4, -0.2) is 35.1 Å². The summed E-state index contributed by atoms with van der Waals surface area (Å²) in [6, 6.07) is 10.4. The fraction of sp³-hybridized carbons (Fsp3) is 0.588. The average Bonchev–Trinajstić information content (AvgIpc) is 2.74. The Morgan fingerprint density at radius 3 is 2.30 bits per heavy atom. The lowest BCUT2D eigenvalue weighted by molar-refractivity contribution is -0.138. The van der Waals surface area contributed by atoms with Crippen molar-refractivity contribution in [3.05, 3.63) is 35.9 Å². The predicted octanol–water partition coefficient (Wildman–Crippen LogP) is 3.51. The summed E-state index contributed by atoms with van der Waals surface area (Å²) in [6.45, 7) is 4.23. The van der Waals surface area contributed by atoms with Crippen molar-refractivity contribution in [2.24, 2.45) is 0 Å². The van der Waals surface area contributed by atoms with Crippen LogP contribution in [0.25, 0.3) is 0 Å². The summed E-state index contributed by atoms with van der Waals surface area (Å²) in [5, 5.41) is 9.25. The minimum absolute atomic E-state index is 0.105. The van der Waals surface area contributed by atoms with Gasteiger partial charge in [-0.15, -0.1) is 0 Å². The van der Waals surface area contributed by atoms with Gasteiger partial charge >= 0.3 is 5.97 Å². The first-order valence-electron chi connectivity index (χ1n) is 7.69. The highest BCUT2D eigenvalue weighted by atomic mass is 16.4. The third kappa shape index (κ3) is 4.07. The van der Waals surface area contributed by atoms with Crippen LogP contribution in [0.1, 0.15) is 50.5 Å². The number of likely N-dealkylation sites (tertiary alicyclic amines) is 1. The molecule has 0 radical (unpaired) electrons. The average molecular weight is 275 g/mol. The number of carboxylic acid groups (broad SMARTS) is 1. The highest BCUT2D eigenvalue weighted by Crippen LogP contribution is 2.27. The molecular weight excluding hydrogens is 250 g/mol. The topological polar surface area (TPSA) is 40.5 Å². The maximum atomic E-state index is 11.2. The number of hydrogen-bond acceptors (Lipinski definition) is 2. The first-order chi connectivity index (χ1) is 9.68. The van der Waals surface area contributed by atoms with Gasteiger partial charge in [-0.2, -0.15) is 0 Å². The van der Waals surface area contributed by atoms with Gasteiger partial charge in [-0.3, -0.25) is 9.69 Å². The Labute approximate surface area is 121 Å². The lowest BCUT2D eigenvalue weighted by Crippen LogP contribution is -2.41. The summed E-state index contributed by atoms with van der Waals surface area (Å²) in [5.74, 6) is -0.438. The van der Waals surface area contributed by atoms with E-state index in [1.165, 1.54) is 31.2 Å². The van der Waals surface area contributed by atoms with E-state index in [-0.39, 0.29) is 18.4 Å². The Bertz CT molecular complexity index is 410. The van der Waals surface area contributed by atoms with Crippen LogP contribution < -0.4 is 0 Å². The van der Waals surface area contributed by atoms with Crippen molar-refractivity contribution < 1.29 is 9.90 Å². The minimum atomic E-state index is -0.693. The zero-order valence-corrected chi connectivity index (χ0v) is 12.3. The molecule has 0 saturated carbocycles. The van der Waals surface area contributed by atoms with Gasteiger partial charge < -0.3 is 5.11 Å². The van der Waals surface area contributed by atoms with Gasteiger partial charge in [-0.05, 0) is 37.4 Å². The third-order valence-electron chi connectivity index (χ3n) is 4.40. The molecule has 0 aromatic heterocycles. The van der Waals surface area contributed by atoms with Gasteiger partial charge in [0, 0.05) is 6.04 Å². The molecule has 0 spiro atoms. The van der Waals surface area contributed by atoms with Crippen molar-refractivity contribution >= 4 is 5.97 Å². The molecule has 1 aromatic carbocycles. The number of nitrogens with zero attached hydrogens (tertiary/aromatic N) is 1. The second kappa shape index (κ2) is 7.44. The molecule has 2 rings (SSSR count). The molecule has 2 atom stereocenters. The summed E-state index contributed by atoms with van der Waals surface area (Å²) >= 11 is 0. The first-order valence-corrected chi connectivity index (χ1v) is 7.69. The number of carboxylic acids is 1.